The van der Waals surface area contributed by atoms with E-state index in [1.165, 1.54) is 18.2 Å². The summed E-state index contributed by atoms with van der Waals surface area (Å²) in [5.41, 5.74) is 3.38. The third kappa shape index (κ3) is 4.93. The van der Waals surface area contributed by atoms with Gasteiger partial charge in [0.15, 0.2) is 0 Å². The Hall–Kier alpha value is -1.64. The largest absolute Gasteiger partial charge is 0.293 e. The molecule has 0 aliphatic carbocycles. The summed E-state index contributed by atoms with van der Waals surface area (Å²) in [6.45, 7) is 1.31. The summed E-state index contributed by atoms with van der Waals surface area (Å²) in [6.07, 6.45) is 0. The van der Waals surface area contributed by atoms with Crippen molar-refractivity contribution in [2.24, 2.45) is 5.84 Å². The molecule has 0 aliphatic rings. The fraction of sp³-hybridized carbons (Fsp3) is 0.188. The third-order valence-corrected chi connectivity index (χ3v) is 5.89. The Morgan fingerprint density at radius 3 is 2.36 bits per heavy atom. The van der Waals surface area contributed by atoms with Gasteiger partial charge in [0.05, 0.1) is 11.4 Å². The molecule has 3 N–H and O–H groups in total. The molecule has 2 aromatic rings. The molecule has 0 aromatic heterocycles. The van der Waals surface area contributed by atoms with Crippen LogP contribution in [-0.2, 0) is 21.4 Å². The fourth-order valence-electron chi connectivity index (χ4n) is 2.13. The van der Waals surface area contributed by atoms with Crippen molar-refractivity contribution in [3.63, 3.8) is 0 Å². The summed E-state index contributed by atoms with van der Waals surface area (Å²) in [5.74, 6) is 4.46. The minimum atomic E-state index is -3.92. The number of nitrogens with two attached hydrogens (primary N) is 1. The van der Waals surface area contributed by atoms with Gasteiger partial charge in [-0.15, -0.1) is 0 Å². The molecule has 2 rings (SSSR count). The molecular weight excluding hydrogens is 385 g/mol. The number of hydrogen-bond acceptors (Lipinski definition) is 4. The monoisotopic (exact) mass is 401 g/mol. The van der Waals surface area contributed by atoms with E-state index in [0.29, 0.717) is 15.6 Å². The molecule has 0 heterocycles. The number of sulfonamides is 1. The van der Waals surface area contributed by atoms with E-state index in [2.05, 4.69) is 0 Å². The normalized spacial score (nSPS) is 11.6. The molecule has 2 aromatic carbocycles. The molecule has 25 heavy (non-hydrogen) atoms. The van der Waals surface area contributed by atoms with Gasteiger partial charge in [0.25, 0.3) is 0 Å². The zero-order valence-electron chi connectivity index (χ0n) is 13.4. The number of nitrogens with one attached hydrogen (secondary N) is 1. The summed E-state index contributed by atoms with van der Waals surface area (Å²) < 4.78 is 26.8. The highest BCUT2D eigenvalue weighted by Gasteiger charge is 2.27. The highest BCUT2D eigenvalue weighted by molar-refractivity contribution is 7.89. The van der Waals surface area contributed by atoms with Gasteiger partial charge in [0, 0.05) is 16.6 Å². The summed E-state index contributed by atoms with van der Waals surface area (Å²) >= 11 is 12.0. The van der Waals surface area contributed by atoms with Gasteiger partial charge in [-0.2, -0.15) is 4.31 Å². The lowest BCUT2D eigenvalue weighted by atomic mass is 10.2. The number of rotatable bonds is 6. The average molecular weight is 402 g/mol. The second-order valence-electron chi connectivity index (χ2n) is 5.39. The molecule has 0 radical (unpaired) electrons. The van der Waals surface area contributed by atoms with Gasteiger partial charge >= 0.3 is 0 Å². The number of aryl methyl sites for hydroxylation is 1. The summed E-state index contributed by atoms with van der Waals surface area (Å²) in [6, 6.07) is 11.1. The lowest BCUT2D eigenvalue weighted by molar-refractivity contribution is -0.121. The highest BCUT2D eigenvalue weighted by atomic mass is 35.5. The van der Waals surface area contributed by atoms with Crippen molar-refractivity contribution in [1.82, 2.24) is 9.73 Å². The van der Waals surface area contributed by atoms with E-state index in [1.54, 1.807) is 24.3 Å². The van der Waals surface area contributed by atoms with Crippen LogP contribution < -0.4 is 11.3 Å². The van der Waals surface area contributed by atoms with Crippen LogP contribution in [0.25, 0.3) is 0 Å². The summed E-state index contributed by atoms with van der Waals surface area (Å²) in [7, 11) is -3.92. The van der Waals surface area contributed by atoms with Crippen LogP contribution in [0, 0.1) is 6.92 Å². The van der Waals surface area contributed by atoms with E-state index >= 15 is 0 Å². The Kier molecular flexibility index (Phi) is 6.42. The van der Waals surface area contributed by atoms with Crippen LogP contribution in [0.5, 0.6) is 0 Å². The number of carbonyl (C=O) groups excluding carboxylic acids is 1. The fourth-order valence-corrected chi connectivity index (χ4v) is 3.97. The van der Waals surface area contributed by atoms with E-state index in [1.807, 2.05) is 12.3 Å². The van der Waals surface area contributed by atoms with Crippen molar-refractivity contribution in [2.45, 2.75) is 18.4 Å². The SMILES string of the molecule is Cc1ccc(S(=O)(=O)N(CC(=O)NN)Cc2ccc(Cl)cc2Cl)cc1. The second kappa shape index (κ2) is 8.16. The Bertz CT molecular complexity index is 871. The molecule has 9 heteroatoms. The van der Waals surface area contributed by atoms with Gasteiger partial charge in [0.2, 0.25) is 15.9 Å². The Morgan fingerprint density at radius 2 is 1.80 bits per heavy atom. The number of hydrogen-bond donors (Lipinski definition) is 2. The first-order valence-corrected chi connectivity index (χ1v) is 9.44. The lowest BCUT2D eigenvalue weighted by Gasteiger charge is -2.22. The summed E-state index contributed by atoms with van der Waals surface area (Å²) in [4.78, 5) is 11.8. The van der Waals surface area contributed by atoms with Crippen LogP contribution in [0.3, 0.4) is 0 Å². The van der Waals surface area contributed by atoms with Crippen molar-refractivity contribution >= 4 is 39.1 Å². The first-order chi connectivity index (χ1) is 11.7. The average Bonchev–Trinajstić information content (AvgIpc) is 2.56. The molecule has 1 amide bonds. The zero-order valence-corrected chi connectivity index (χ0v) is 15.7. The number of amides is 1. The molecule has 0 bridgehead atoms. The van der Waals surface area contributed by atoms with E-state index in [9.17, 15) is 13.2 Å². The first kappa shape index (κ1) is 19.7. The number of nitrogens with zero attached hydrogens (tertiary/aromatic N) is 1. The van der Waals surface area contributed by atoms with Crippen molar-refractivity contribution in [1.29, 1.82) is 0 Å². The Morgan fingerprint density at radius 1 is 1.16 bits per heavy atom. The van der Waals surface area contributed by atoms with Crippen LogP contribution in [-0.4, -0.2) is 25.2 Å². The highest BCUT2D eigenvalue weighted by Crippen LogP contribution is 2.25. The van der Waals surface area contributed by atoms with Crippen LogP contribution in [0.4, 0.5) is 0 Å². The standard InChI is InChI=1S/C16H17Cl2N3O3S/c1-11-2-6-14(7-3-11)25(23,24)21(10-16(22)20-19)9-12-4-5-13(17)8-15(12)18/h2-8H,9-10,19H2,1H3,(H,20,22). The van der Waals surface area contributed by atoms with Gasteiger partial charge in [-0.1, -0.05) is 47.0 Å². The van der Waals surface area contributed by atoms with Gasteiger partial charge in [0.1, 0.15) is 0 Å². The molecule has 0 atom stereocenters. The molecule has 134 valence electrons. The molecular formula is C16H17Cl2N3O3S. The topological polar surface area (TPSA) is 92.5 Å². The van der Waals surface area contributed by atoms with Crippen LogP contribution in [0.2, 0.25) is 10.0 Å². The van der Waals surface area contributed by atoms with E-state index in [0.717, 1.165) is 9.87 Å². The predicted octanol–water partition coefficient (Wildman–Crippen LogP) is 2.48. The second-order valence-corrected chi connectivity index (χ2v) is 8.17. The van der Waals surface area contributed by atoms with Crippen molar-refractivity contribution in [3.8, 4) is 0 Å². The quantitative estimate of drug-likeness (QED) is 0.441. The Labute approximate surface area is 156 Å². The van der Waals surface area contributed by atoms with Gasteiger partial charge in [-0.25, -0.2) is 14.3 Å². The zero-order chi connectivity index (χ0) is 18.6. The van der Waals surface area contributed by atoms with Crippen molar-refractivity contribution in [3.05, 3.63) is 63.6 Å². The van der Waals surface area contributed by atoms with Gasteiger partial charge in [-0.05, 0) is 36.8 Å². The number of carbonyl (C=O) groups is 1. The van der Waals surface area contributed by atoms with Crippen LogP contribution in [0.1, 0.15) is 11.1 Å². The maximum Gasteiger partial charge on any atom is 0.249 e. The van der Waals surface area contributed by atoms with Gasteiger partial charge in [-0.3, -0.25) is 10.2 Å². The molecule has 6 nitrogen and oxygen atoms in total. The lowest BCUT2D eigenvalue weighted by Crippen LogP contribution is -2.42. The summed E-state index contributed by atoms with van der Waals surface area (Å²) in [5, 5.41) is 0.742. The molecule has 0 saturated carbocycles. The van der Waals surface area contributed by atoms with E-state index in [-0.39, 0.29) is 11.4 Å². The maximum atomic E-state index is 12.9. The van der Waals surface area contributed by atoms with Crippen LogP contribution in [0.15, 0.2) is 47.4 Å². The smallest absolute Gasteiger partial charge is 0.249 e. The first-order valence-electron chi connectivity index (χ1n) is 7.24. The van der Waals surface area contributed by atoms with Crippen molar-refractivity contribution in [2.75, 3.05) is 6.54 Å². The molecule has 0 unspecified atom stereocenters. The van der Waals surface area contributed by atoms with E-state index < -0.39 is 22.5 Å². The third-order valence-electron chi connectivity index (χ3n) is 3.50. The molecule has 0 spiro atoms. The maximum absolute atomic E-state index is 12.9. The molecule has 0 fully saturated rings. The molecule has 0 aliphatic heterocycles. The van der Waals surface area contributed by atoms with Crippen molar-refractivity contribution < 1.29 is 13.2 Å². The predicted molar refractivity (Wildman–Crippen MR) is 97.6 cm³/mol. The van der Waals surface area contributed by atoms with Crippen LogP contribution >= 0.6 is 23.2 Å². The minimum absolute atomic E-state index is 0.0769. The number of halogens is 2. The number of benzene rings is 2. The van der Waals surface area contributed by atoms with Gasteiger partial charge < -0.3 is 0 Å². The Balaban J connectivity index is 2.40. The molecule has 0 saturated heterocycles. The minimum Gasteiger partial charge on any atom is -0.293 e. The van der Waals surface area contributed by atoms with E-state index in [4.69, 9.17) is 29.0 Å². The number of hydrazine groups is 1.